The molecule has 0 radical (unpaired) electrons. The lowest BCUT2D eigenvalue weighted by Crippen LogP contribution is -2.57. The molecule has 1 fully saturated rings. The van der Waals surface area contributed by atoms with Gasteiger partial charge in [-0.15, -0.1) is 0 Å². The number of carbonyl (C=O) groups excluding carboxylic acids is 2. The third-order valence-electron chi connectivity index (χ3n) is 4.76. The van der Waals surface area contributed by atoms with Crippen LogP contribution in [0.4, 0.5) is 5.95 Å². The Kier molecular flexibility index (Phi) is 7.09. The zero-order valence-electron chi connectivity index (χ0n) is 16.3. The number of rotatable bonds is 6. The standard InChI is InChI=1S/C18H29N5O4/c1-11(2)7-14(15(24)16(25)21-27)17(26)23-6-5-22(10-13(23)4)18-19-8-12(3)9-20-18/h8-9,11,13-15,24,27H,5-7,10H2,1-4H3,(H,21,25)/t13?,14-,15-/m0/s1. The van der Waals surface area contributed by atoms with Gasteiger partial charge in [-0.2, -0.15) is 0 Å². The summed E-state index contributed by atoms with van der Waals surface area (Å²) in [7, 11) is 0. The molecule has 1 aromatic heterocycles. The number of nitrogens with one attached hydrogen (secondary N) is 1. The van der Waals surface area contributed by atoms with E-state index in [4.69, 9.17) is 5.21 Å². The van der Waals surface area contributed by atoms with E-state index in [9.17, 15) is 14.7 Å². The Morgan fingerprint density at radius 2 is 1.93 bits per heavy atom. The Balaban J connectivity index is 2.10. The molecular weight excluding hydrogens is 350 g/mol. The van der Waals surface area contributed by atoms with Crippen LogP contribution in [0.25, 0.3) is 0 Å². The molecule has 9 heteroatoms. The molecule has 0 aromatic carbocycles. The number of aromatic nitrogens is 2. The third kappa shape index (κ3) is 5.14. The van der Waals surface area contributed by atoms with Crippen molar-refractivity contribution in [2.75, 3.05) is 24.5 Å². The van der Waals surface area contributed by atoms with E-state index in [-0.39, 0.29) is 17.9 Å². The number of nitrogens with zero attached hydrogens (tertiary/aromatic N) is 4. The summed E-state index contributed by atoms with van der Waals surface area (Å²) in [6.45, 7) is 9.25. The fraction of sp³-hybridized carbons (Fsp3) is 0.667. The van der Waals surface area contributed by atoms with Crippen molar-refractivity contribution in [3.05, 3.63) is 18.0 Å². The second kappa shape index (κ2) is 9.09. The van der Waals surface area contributed by atoms with Gasteiger partial charge in [0.25, 0.3) is 5.91 Å². The van der Waals surface area contributed by atoms with Crippen LogP contribution in [0.2, 0.25) is 0 Å². The molecule has 9 nitrogen and oxygen atoms in total. The van der Waals surface area contributed by atoms with E-state index in [0.717, 1.165) is 5.56 Å². The van der Waals surface area contributed by atoms with Crippen LogP contribution in [0.15, 0.2) is 12.4 Å². The number of amides is 2. The summed E-state index contributed by atoms with van der Waals surface area (Å²) >= 11 is 0. The zero-order valence-corrected chi connectivity index (χ0v) is 16.3. The molecule has 1 aliphatic rings. The number of anilines is 1. The van der Waals surface area contributed by atoms with Crippen molar-refractivity contribution in [3.8, 4) is 0 Å². The molecule has 0 saturated carbocycles. The monoisotopic (exact) mass is 379 g/mol. The average Bonchev–Trinajstić information content (AvgIpc) is 2.64. The molecule has 1 aliphatic heterocycles. The summed E-state index contributed by atoms with van der Waals surface area (Å²) in [5, 5.41) is 19.0. The Morgan fingerprint density at radius 3 is 2.44 bits per heavy atom. The van der Waals surface area contributed by atoms with Crippen molar-refractivity contribution in [2.24, 2.45) is 11.8 Å². The second-order valence-corrected chi connectivity index (χ2v) is 7.54. The summed E-state index contributed by atoms with van der Waals surface area (Å²) in [4.78, 5) is 37.1. The number of hydroxylamine groups is 1. The largest absolute Gasteiger partial charge is 0.382 e. The maximum absolute atomic E-state index is 13.0. The molecule has 2 rings (SSSR count). The highest BCUT2D eigenvalue weighted by molar-refractivity contribution is 5.89. The summed E-state index contributed by atoms with van der Waals surface area (Å²) < 4.78 is 0. The summed E-state index contributed by atoms with van der Waals surface area (Å²) in [5.74, 6) is -1.41. The van der Waals surface area contributed by atoms with Gasteiger partial charge in [0.1, 0.15) is 6.10 Å². The van der Waals surface area contributed by atoms with Crippen molar-refractivity contribution in [1.82, 2.24) is 20.3 Å². The fourth-order valence-electron chi connectivity index (χ4n) is 3.35. The molecule has 1 aromatic rings. The zero-order chi connectivity index (χ0) is 20.1. The molecule has 3 atom stereocenters. The van der Waals surface area contributed by atoms with E-state index in [2.05, 4.69) is 9.97 Å². The maximum atomic E-state index is 13.0. The molecule has 2 amide bonds. The highest BCUT2D eigenvalue weighted by Crippen LogP contribution is 2.23. The number of aryl methyl sites for hydroxylation is 1. The number of aliphatic hydroxyl groups is 1. The van der Waals surface area contributed by atoms with Gasteiger partial charge in [-0.25, -0.2) is 15.4 Å². The second-order valence-electron chi connectivity index (χ2n) is 7.54. The molecule has 0 spiro atoms. The topological polar surface area (TPSA) is 119 Å². The quantitative estimate of drug-likeness (QED) is 0.482. The lowest BCUT2D eigenvalue weighted by molar-refractivity contribution is -0.152. The lowest BCUT2D eigenvalue weighted by Gasteiger charge is -2.41. The first kappa shape index (κ1) is 21.0. The fourth-order valence-corrected chi connectivity index (χ4v) is 3.35. The Bertz CT molecular complexity index is 652. The molecule has 0 bridgehead atoms. The maximum Gasteiger partial charge on any atom is 0.272 e. The molecule has 1 saturated heterocycles. The normalized spacial score (nSPS) is 19.7. The van der Waals surface area contributed by atoms with Crippen molar-refractivity contribution >= 4 is 17.8 Å². The van der Waals surface area contributed by atoms with E-state index in [1.807, 2.05) is 32.6 Å². The number of piperazine rings is 1. The SMILES string of the molecule is Cc1cnc(N2CCN(C(=O)[C@@H](CC(C)C)[C@H](O)C(=O)NO)C(C)C2)nc1. The summed E-state index contributed by atoms with van der Waals surface area (Å²) in [6.07, 6.45) is 2.28. The van der Waals surface area contributed by atoms with Crippen LogP contribution >= 0.6 is 0 Å². The van der Waals surface area contributed by atoms with Crippen LogP contribution in [0, 0.1) is 18.8 Å². The predicted octanol–water partition coefficient (Wildman–Crippen LogP) is 0.351. The number of aliphatic hydroxyl groups excluding tert-OH is 1. The highest BCUT2D eigenvalue weighted by atomic mass is 16.5. The van der Waals surface area contributed by atoms with Crippen molar-refractivity contribution < 1.29 is 19.9 Å². The van der Waals surface area contributed by atoms with Gasteiger partial charge in [0.2, 0.25) is 11.9 Å². The van der Waals surface area contributed by atoms with E-state index >= 15 is 0 Å². The van der Waals surface area contributed by atoms with Crippen LogP contribution in [0.3, 0.4) is 0 Å². The summed E-state index contributed by atoms with van der Waals surface area (Å²) in [6, 6.07) is -0.129. The van der Waals surface area contributed by atoms with Crippen LogP contribution < -0.4 is 10.4 Å². The van der Waals surface area contributed by atoms with Crippen molar-refractivity contribution in [3.63, 3.8) is 0 Å². The smallest absolute Gasteiger partial charge is 0.272 e. The van der Waals surface area contributed by atoms with Crippen LogP contribution in [-0.4, -0.2) is 68.8 Å². The first-order chi connectivity index (χ1) is 12.7. The molecule has 27 heavy (non-hydrogen) atoms. The van der Waals surface area contributed by atoms with Gasteiger partial charge < -0.3 is 14.9 Å². The lowest BCUT2D eigenvalue weighted by atomic mass is 9.89. The van der Waals surface area contributed by atoms with Crippen LogP contribution in [-0.2, 0) is 9.59 Å². The minimum Gasteiger partial charge on any atom is -0.382 e. The van der Waals surface area contributed by atoms with Crippen LogP contribution in [0.5, 0.6) is 0 Å². The van der Waals surface area contributed by atoms with E-state index < -0.39 is 17.9 Å². The van der Waals surface area contributed by atoms with Gasteiger partial charge in [-0.1, -0.05) is 13.8 Å². The first-order valence-corrected chi connectivity index (χ1v) is 9.20. The number of hydrogen-bond donors (Lipinski definition) is 3. The van der Waals surface area contributed by atoms with Crippen molar-refractivity contribution in [1.29, 1.82) is 0 Å². The van der Waals surface area contributed by atoms with Gasteiger partial charge >= 0.3 is 0 Å². The van der Waals surface area contributed by atoms with Gasteiger partial charge in [-0.3, -0.25) is 14.8 Å². The van der Waals surface area contributed by atoms with Gasteiger partial charge in [-0.05, 0) is 31.7 Å². The van der Waals surface area contributed by atoms with Gasteiger partial charge in [0.15, 0.2) is 0 Å². The predicted molar refractivity (Wildman–Crippen MR) is 99.0 cm³/mol. The first-order valence-electron chi connectivity index (χ1n) is 9.20. The number of hydrogen-bond acceptors (Lipinski definition) is 7. The van der Waals surface area contributed by atoms with Gasteiger partial charge in [0.05, 0.1) is 5.92 Å². The van der Waals surface area contributed by atoms with Crippen LogP contribution in [0.1, 0.15) is 32.8 Å². The summed E-state index contributed by atoms with van der Waals surface area (Å²) in [5.41, 5.74) is 2.42. The molecular formula is C18H29N5O4. The molecule has 0 aliphatic carbocycles. The van der Waals surface area contributed by atoms with Gasteiger partial charge in [0, 0.05) is 38.1 Å². The minimum atomic E-state index is -1.59. The number of carbonyl (C=O) groups is 2. The Hall–Kier alpha value is -2.26. The van der Waals surface area contributed by atoms with E-state index in [1.54, 1.807) is 17.3 Å². The van der Waals surface area contributed by atoms with Crippen molar-refractivity contribution in [2.45, 2.75) is 46.3 Å². The average molecular weight is 379 g/mol. The molecule has 2 heterocycles. The Labute approximate surface area is 159 Å². The Morgan fingerprint density at radius 1 is 1.30 bits per heavy atom. The molecule has 3 N–H and O–H groups in total. The highest BCUT2D eigenvalue weighted by Gasteiger charge is 2.38. The molecule has 1 unspecified atom stereocenters. The van der Waals surface area contributed by atoms with E-state index in [1.165, 1.54) is 5.48 Å². The molecule has 150 valence electrons. The van der Waals surface area contributed by atoms with E-state index in [0.29, 0.717) is 32.0 Å². The minimum absolute atomic E-state index is 0.109. The third-order valence-corrected chi connectivity index (χ3v) is 4.76.